The van der Waals surface area contributed by atoms with Crippen LogP contribution in [0.4, 0.5) is 0 Å². The van der Waals surface area contributed by atoms with Crippen molar-refractivity contribution in [3.05, 3.63) is 20.8 Å². The van der Waals surface area contributed by atoms with E-state index < -0.39 is 11.9 Å². The van der Waals surface area contributed by atoms with Crippen LogP contribution in [0.15, 0.2) is 15.9 Å². The van der Waals surface area contributed by atoms with Gasteiger partial charge in [0.25, 0.3) is 0 Å². The second-order valence-electron chi connectivity index (χ2n) is 4.87. The monoisotopic (exact) mass is 345 g/mol. The van der Waals surface area contributed by atoms with Crippen molar-refractivity contribution in [1.29, 1.82) is 0 Å². The lowest BCUT2D eigenvalue weighted by atomic mass is 10.0. The van der Waals surface area contributed by atoms with Crippen LogP contribution in [0.3, 0.4) is 0 Å². The summed E-state index contributed by atoms with van der Waals surface area (Å²) in [6, 6.07) is 3.64. The van der Waals surface area contributed by atoms with Gasteiger partial charge in [-0.2, -0.15) is 0 Å². The molecular formula is C13H16BrNO3S. The molecule has 0 spiro atoms. The fourth-order valence-corrected chi connectivity index (χ4v) is 3.98. The SMILES string of the molecule is CC(C(=O)N1CCC(C(=O)O)C1C)c1ccc(Br)s1. The van der Waals surface area contributed by atoms with Crippen LogP contribution in [0.2, 0.25) is 0 Å². The van der Waals surface area contributed by atoms with Gasteiger partial charge in [-0.1, -0.05) is 0 Å². The van der Waals surface area contributed by atoms with Crippen molar-refractivity contribution < 1.29 is 14.7 Å². The number of nitrogens with zero attached hydrogens (tertiary/aromatic N) is 1. The maximum Gasteiger partial charge on any atom is 0.308 e. The maximum absolute atomic E-state index is 12.5. The van der Waals surface area contributed by atoms with Crippen LogP contribution < -0.4 is 0 Å². The number of carboxylic acids is 1. The van der Waals surface area contributed by atoms with Crippen LogP contribution in [0.5, 0.6) is 0 Å². The van der Waals surface area contributed by atoms with Crippen molar-refractivity contribution in [2.24, 2.45) is 5.92 Å². The summed E-state index contributed by atoms with van der Waals surface area (Å²) in [6.07, 6.45) is 0.545. The van der Waals surface area contributed by atoms with E-state index in [-0.39, 0.29) is 17.9 Å². The van der Waals surface area contributed by atoms with Gasteiger partial charge in [-0.25, -0.2) is 0 Å². The Morgan fingerprint density at radius 2 is 2.21 bits per heavy atom. The number of hydrogen-bond donors (Lipinski definition) is 1. The van der Waals surface area contributed by atoms with Crippen LogP contribution in [0.25, 0.3) is 0 Å². The highest BCUT2D eigenvalue weighted by molar-refractivity contribution is 9.11. The Morgan fingerprint density at radius 1 is 1.53 bits per heavy atom. The Labute approximate surface area is 124 Å². The van der Waals surface area contributed by atoms with Crippen molar-refractivity contribution >= 4 is 39.1 Å². The molecule has 3 atom stereocenters. The number of carbonyl (C=O) groups excluding carboxylic acids is 1. The fourth-order valence-electron chi connectivity index (χ4n) is 2.51. The van der Waals surface area contributed by atoms with Gasteiger partial charge in [0, 0.05) is 17.5 Å². The van der Waals surface area contributed by atoms with E-state index in [1.807, 2.05) is 26.0 Å². The molecule has 4 nitrogen and oxygen atoms in total. The van der Waals surface area contributed by atoms with Crippen LogP contribution in [0, 0.1) is 5.92 Å². The number of hydrogen-bond acceptors (Lipinski definition) is 3. The fraction of sp³-hybridized carbons (Fsp3) is 0.538. The van der Waals surface area contributed by atoms with Gasteiger partial charge in [-0.3, -0.25) is 9.59 Å². The van der Waals surface area contributed by atoms with Crippen molar-refractivity contribution in [3.8, 4) is 0 Å². The predicted octanol–water partition coefficient (Wildman–Crippen LogP) is 2.94. The molecule has 1 aromatic heterocycles. The molecule has 6 heteroatoms. The number of carbonyl (C=O) groups is 2. The summed E-state index contributed by atoms with van der Waals surface area (Å²) in [6.45, 7) is 4.23. The molecule has 2 heterocycles. The van der Waals surface area contributed by atoms with E-state index in [9.17, 15) is 9.59 Å². The minimum Gasteiger partial charge on any atom is -0.481 e. The first-order valence-corrected chi connectivity index (χ1v) is 7.81. The molecule has 1 fully saturated rings. The van der Waals surface area contributed by atoms with E-state index in [0.717, 1.165) is 8.66 Å². The second-order valence-corrected chi connectivity index (χ2v) is 7.36. The summed E-state index contributed by atoms with van der Waals surface area (Å²) in [5.74, 6) is -1.45. The number of aliphatic carboxylic acids is 1. The number of thiophene rings is 1. The molecule has 0 aromatic carbocycles. The van der Waals surface area contributed by atoms with Crippen molar-refractivity contribution in [1.82, 2.24) is 4.90 Å². The highest BCUT2D eigenvalue weighted by atomic mass is 79.9. The molecule has 0 bridgehead atoms. The van der Waals surface area contributed by atoms with Gasteiger partial charge in [0.15, 0.2) is 0 Å². The summed E-state index contributed by atoms with van der Waals surface area (Å²) in [4.78, 5) is 26.2. The number of rotatable bonds is 3. The average molecular weight is 346 g/mol. The summed E-state index contributed by atoms with van der Waals surface area (Å²) >= 11 is 4.93. The molecular weight excluding hydrogens is 330 g/mol. The van der Waals surface area contributed by atoms with Gasteiger partial charge < -0.3 is 10.0 Å². The Hall–Kier alpha value is -0.880. The van der Waals surface area contributed by atoms with E-state index in [0.29, 0.717) is 13.0 Å². The third-order valence-corrected chi connectivity index (χ3v) is 5.55. The second kappa shape index (κ2) is 5.63. The van der Waals surface area contributed by atoms with E-state index >= 15 is 0 Å². The van der Waals surface area contributed by atoms with E-state index in [4.69, 9.17) is 5.11 Å². The highest BCUT2D eigenvalue weighted by Gasteiger charge is 2.39. The molecule has 1 saturated heterocycles. The molecule has 3 unspecified atom stereocenters. The molecule has 1 N–H and O–H groups in total. The van der Waals surface area contributed by atoms with Gasteiger partial charge in [-0.05, 0) is 48.3 Å². The average Bonchev–Trinajstić information content (AvgIpc) is 2.93. The van der Waals surface area contributed by atoms with E-state index in [1.54, 1.807) is 16.2 Å². The Balaban J connectivity index is 2.10. The molecule has 0 radical (unpaired) electrons. The number of carboxylic acid groups (broad SMARTS) is 1. The zero-order valence-electron chi connectivity index (χ0n) is 10.8. The van der Waals surface area contributed by atoms with Gasteiger partial charge in [-0.15, -0.1) is 11.3 Å². The molecule has 104 valence electrons. The van der Waals surface area contributed by atoms with Crippen molar-refractivity contribution in [3.63, 3.8) is 0 Å². The topological polar surface area (TPSA) is 57.6 Å². The number of likely N-dealkylation sites (tertiary alicyclic amines) is 1. The smallest absolute Gasteiger partial charge is 0.308 e. The summed E-state index contributed by atoms with van der Waals surface area (Å²) in [5.41, 5.74) is 0. The lowest BCUT2D eigenvalue weighted by Gasteiger charge is -2.26. The van der Waals surface area contributed by atoms with Crippen molar-refractivity contribution in [2.75, 3.05) is 6.54 Å². The Kier molecular flexibility index (Phi) is 4.30. The van der Waals surface area contributed by atoms with Crippen molar-refractivity contribution in [2.45, 2.75) is 32.2 Å². The molecule has 0 saturated carbocycles. The van der Waals surface area contributed by atoms with Crippen LogP contribution >= 0.6 is 27.3 Å². The number of halogens is 1. The lowest BCUT2D eigenvalue weighted by molar-refractivity contribution is -0.143. The van der Waals surface area contributed by atoms with Gasteiger partial charge >= 0.3 is 5.97 Å². The molecule has 1 aromatic rings. The van der Waals surface area contributed by atoms with Crippen LogP contribution in [-0.2, 0) is 9.59 Å². The molecule has 1 aliphatic rings. The highest BCUT2D eigenvalue weighted by Crippen LogP contribution is 2.32. The Morgan fingerprint density at radius 3 is 2.68 bits per heavy atom. The van der Waals surface area contributed by atoms with Gasteiger partial charge in [0.2, 0.25) is 5.91 Å². The molecule has 0 aliphatic carbocycles. The molecule has 2 rings (SSSR count). The first-order chi connectivity index (χ1) is 8.91. The maximum atomic E-state index is 12.5. The molecule has 19 heavy (non-hydrogen) atoms. The third kappa shape index (κ3) is 2.84. The van der Waals surface area contributed by atoms with Crippen LogP contribution in [-0.4, -0.2) is 34.5 Å². The largest absolute Gasteiger partial charge is 0.481 e. The summed E-state index contributed by atoms with van der Waals surface area (Å²) < 4.78 is 1.00. The summed E-state index contributed by atoms with van der Waals surface area (Å²) in [7, 11) is 0. The molecule has 1 amide bonds. The molecule has 1 aliphatic heterocycles. The first-order valence-electron chi connectivity index (χ1n) is 6.20. The standard InChI is InChI=1S/C13H16BrNO3S/c1-7(10-3-4-11(14)19-10)12(16)15-6-5-9(8(15)2)13(17)18/h3-4,7-9H,5-6H2,1-2H3,(H,17,18). The first kappa shape index (κ1) is 14.5. The Bertz CT molecular complexity index is 502. The zero-order chi connectivity index (χ0) is 14.2. The lowest BCUT2D eigenvalue weighted by Crippen LogP contribution is -2.39. The normalized spacial score (nSPS) is 24.5. The van der Waals surface area contributed by atoms with E-state index in [1.165, 1.54) is 0 Å². The number of amides is 1. The van der Waals surface area contributed by atoms with Crippen LogP contribution in [0.1, 0.15) is 31.1 Å². The zero-order valence-corrected chi connectivity index (χ0v) is 13.2. The quantitative estimate of drug-likeness (QED) is 0.916. The van der Waals surface area contributed by atoms with Gasteiger partial charge in [0.1, 0.15) is 0 Å². The van der Waals surface area contributed by atoms with Gasteiger partial charge in [0.05, 0.1) is 15.6 Å². The third-order valence-electron chi connectivity index (χ3n) is 3.75. The van der Waals surface area contributed by atoms with E-state index in [2.05, 4.69) is 15.9 Å². The minimum absolute atomic E-state index is 0.0191. The summed E-state index contributed by atoms with van der Waals surface area (Å²) in [5, 5.41) is 9.10. The minimum atomic E-state index is -0.811. The predicted molar refractivity (Wildman–Crippen MR) is 77.4 cm³/mol.